The fraction of sp³-hybridized carbons (Fsp3) is 0.971. The fourth-order valence-electron chi connectivity index (χ4n) is 5.23. The molecule has 0 aromatic rings. The average Bonchev–Trinajstić information content (AvgIpc) is 2.91. The van der Waals surface area contributed by atoms with Crippen molar-refractivity contribution in [2.45, 2.75) is 206 Å². The van der Waals surface area contributed by atoms with Gasteiger partial charge < -0.3 is 14.9 Å². The van der Waals surface area contributed by atoms with Crippen LogP contribution in [-0.2, 0) is 9.53 Å². The highest BCUT2D eigenvalue weighted by Crippen LogP contribution is 2.16. The first-order valence-electron chi connectivity index (χ1n) is 17.1. The molecule has 0 fully saturated rings. The first kappa shape index (κ1) is 37.4. The highest BCUT2D eigenvalue weighted by molar-refractivity contribution is 5.69. The van der Waals surface area contributed by atoms with E-state index in [4.69, 9.17) is 4.74 Å². The minimum absolute atomic E-state index is 0.0482. The smallest absolute Gasteiger partial charge is 0.305 e. The molecule has 0 saturated heterocycles. The topological polar surface area (TPSA) is 66.8 Å². The summed E-state index contributed by atoms with van der Waals surface area (Å²) in [6.07, 6.45) is 31.7. The molecule has 2 atom stereocenters. The molecule has 0 aromatic heterocycles. The van der Waals surface area contributed by atoms with Gasteiger partial charge in [0.05, 0.1) is 18.8 Å². The van der Waals surface area contributed by atoms with E-state index in [1.807, 2.05) is 0 Å². The number of carbonyl (C=O) groups excluding carboxylic acids is 1. The number of hydrogen-bond acceptors (Lipinski definition) is 4. The molecule has 0 aliphatic heterocycles. The molecule has 0 aliphatic rings. The van der Waals surface area contributed by atoms with E-state index < -0.39 is 12.2 Å². The Morgan fingerprint density at radius 1 is 0.474 bits per heavy atom. The lowest BCUT2D eigenvalue weighted by molar-refractivity contribution is -0.143. The van der Waals surface area contributed by atoms with Gasteiger partial charge in [0.2, 0.25) is 0 Å². The molecule has 0 aliphatic carbocycles. The fourth-order valence-corrected chi connectivity index (χ4v) is 5.23. The zero-order valence-electron chi connectivity index (χ0n) is 25.9. The molecule has 0 aromatic carbocycles. The SMILES string of the molecule is CCCCCCCCCCCCCCCCOC(=O)CCCCCCCC(O)C(O)CCCCCCCC. The molecule has 2 unspecified atom stereocenters. The number of aliphatic hydroxyl groups excluding tert-OH is 2. The van der Waals surface area contributed by atoms with Crippen molar-refractivity contribution < 1.29 is 19.7 Å². The Bertz CT molecular complexity index is 467. The van der Waals surface area contributed by atoms with E-state index in [0.29, 0.717) is 19.4 Å². The summed E-state index contributed by atoms with van der Waals surface area (Å²) in [5.74, 6) is -0.0482. The van der Waals surface area contributed by atoms with Crippen molar-refractivity contribution in [3.8, 4) is 0 Å². The van der Waals surface area contributed by atoms with Gasteiger partial charge in [-0.15, -0.1) is 0 Å². The van der Waals surface area contributed by atoms with E-state index >= 15 is 0 Å². The highest BCUT2D eigenvalue weighted by Gasteiger charge is 2.15. The summed E-state index contributed by atoms with van der Waals surface area (Å²) in [6, 6.07) is 0. The number of rotatable bonds is 31. The third-order valence-electron chi connectivity index (χ3n) is 7.94. The van der Waals surface area contributed by atoms with E-state index in [-0.39, 0.29) is 5.97 Å². The number of carbonyl (C=O) groups is 1. The maximum Gasteiger partial charge on any atom is 0.305 e. The van der Waals surface area contributed by atoms with Crippen LogP contribution in [0.15, 0.2) is 0 Å². The van der Waals surface area contributed by atoms with Gasteiger partial charge in [0.15, 0.2) is 0 Å². The molecule has 0 rings (SSSR count). The van der Waals surface area contributed by atoms with Crippen LogP contribution in [0.5, 0.6) is 0 Å². The largest absolute Gasteiger partial charge is 0.466 e. The predicted molar refractivity (Wildman–Crippen MR) is 164 cm³/mol. The van der Waals surface area contributed by atoms with Crippen molar-refractivity contribution in [3.63, 3.8) is 0 Å². The van der Waals surface area contributed by atoms with Crippen LogP contribution in [0.1, 0.15) is 194 Å². The number of hydrogen-bond donors (Lipinski definition) is 2. The van der Waals surface area contributed by atoms with Crippen molar-refractivity contribution in [2.24, 2.45) is 0 Å². The Kier molecular flexibility index (Phi) is 30.4. The molecule has 228 valence electrons. The van der Waals surface area contributed by atoms with Crippen molar-refractivity contribution in [1.29, 1.82) is 0 Å². The normalized spacial score (nSPS) is 13.1. The third-order valence-corrected chi connectivity index (χ3v) is 7.94. The second-order valence-electron chi connectivity index (χ2n) is 11.8. The summed E-state index contributed by atoms with van der Waals surface area (Å²) >= 11 is 0. The Morgan fingerprint density at radius 3 is 1.18 bits per heavy atom. The molecule has 2 N–H and O–H groups in total. The minimum Gasteiger partial charge on any atom is -0.466 e. The summed E-state index contributed by atoms with van der Waals surface area (Å²) in [7, 11) is 0. The van der Waals surface area contributed by atoms with E-state index in [2.05, 4.69) is 13.8 Å². The molecule has 0 heterocycles. The summed E-state index contributed by atoms with van der Waals surface area (Å²) < 4.78 is 5.39. The van der Waals surface area contributed by atoms with E-state index in [0.717, 1.165) is 57.8 Å². The Hall–Kier alpha value is -0.610. The Labute approximate surface area is 238 Å². The van der Waals surface area contributed by atoms with Gasteiger partial charge in [-0.25, -0.2) is 0 Å². The average molecular weight is 541 g/mol. The summed E-state index contributed by atoms with van der Waals surface area (Å²) in [5, 5.41) is 20.3. The molecule has 0 amide bonds. The maximum atomic E-state index is 11.9. The van der Waals surface area contributed by atoms with Crippen LogP contribution in [0.25, 0.3) is 0 Å². The van der Waals surface area contributed by atoms with Crippen LogP contribution in [0.3, 0.4) is 0 Å². The Balaban J connectivity index is 3.32. The number of aliphatic hydroxyl groups is 2. The van der Waals surface area contributed by atoms with Crippen molar-refractivity contribution in [1.82, 2.24) is 0 Å². The van der Waals surface area contributed by atoms with Gasteiger partial charge in [0, 0.05) is 6.42 Å². The minimum atomic E-state index is -0.587. The first-order chi connectivity index (χ1) is 18.6. The van der Waals surface area contributed by atoms with Crippen LogP contribution in [0.4, 0.5) is 0 Å². The summed E-state index contributed by atoms with van der Waals surface area (Å²) in [6.45, 7) is 5.07. The summed E-state index contributed by atoms with van der Waals surface area (Å²) in [5.41, 5.74) is 0. The lowest BCUT2D eigenvalue weighted by atomic mass is 9.99. The van der Waals surface area contributed by atoms with Crippen molar-refractivity contribution in [2.75, 3.05) is 6.61 Å². The standard InChI is InChI=1S/C34H68O4/c1-3-5-7-9-11-12-13-14-15-16-17-18-23-27-31-38-34(37)30-26-22-19-21-25-29-33(36)32(35)28-24-20-10-8-6-4-2/h32-33,35-36H,3-31H2,1-2H3. The van der Waals surface area contributed by atoms with Gasteiger partial charge in [0.1, 0.15) is 0 Å². The highest BCUT2D eigenvalue weighted by atomic mass is 16.5. The molecule has 0 radical (unpaired) electrons. The molecule has 0 spiro atoms. The van der Waals surface area contributed by atoms with E-state index in [1.54, 1.807) is 0 Å². The molecule has 0 saturated carbocycles. The van der Waals surface area contributed by atoms with Gasteiger partial charge in [0.25, 0.3) is 0 Å². The van der Waals surface area contributed by atoms with Crippen molar-refractivity contribution >= 4 is 5.97 Å². The molecular weight excluding hydrogens is 472 g/mol. The van der Waals surface area contributed by atoms with Crippen LogP contribution in [-0.4, -0.2) is 35.0 Å². The lowest BCUT2D eigenvalue weighted by Gasteiger charge is -2.17. The lowest BCUT2D eigenvalue weighted by Crippen LogP contribution is -2.25. The monoisotopic (exact) mass is 541 g/mol. The van der Waals surface area contributed by atoms with Crippen LogP contribution in [0.2, 0.25) is 0 Å². The van der Waals surface area contributed by atoms with Gasteiger partial charge >= 0.3 is 5.97 Å². The molecule has 0 bridgehead atoms. The van der Waals surface area contributed by atoms with Gasteiger partial charge in [-0.05, 0) is 25.7 Å². The van der Waals surface area contributed by atoms with E-state index in [1.165, 1.54) is 109 Å². The number of ether oxygens (including phenoxy) is 1. The molecule has 4 heteroatoms. The third kappa shape index (κ3) is 28.4. The molecule has 38 heavy (non-hydrogen) atoms. The molecule has 4 nitrogen and oxygen atoms in total. The number of unbranched alkanes of at least 4 members (excludes halogenated alkanes) is 22. The number of esters is 1. The van der Waals surface area contributed by atoms with Crippen LogP contribution < -0.4 is 0 Å². The zero-order valence-corrected chi connectivity index (χ0v) is 25.9. The Morgan fingerprint density at radius 2 is 0.789 bits per heavy atom. The second kappa shape index (κ2) is 30.9. The maximum absolute atomic E-state index is 11.9. The van der Waals surface area contributed by atoms with Crippen LogP contribution >= 0.6 is 0 Å². The van der Waals surface area contributed by atoms with Gasteiger partial charge in [-0.3, -0.25) is 4.79 Å². The first-order valence-corrected chi connectivity index (χ1v) is 17.1. The molecular formula is C34H68O4. The van der Waals surface area contributed by atoms with Crippen molar-refractivity contribution in [3.05, 3.63) is 0 Å². The van der Waals surface area contributed by atoms with E-state index in [9.17, 15) is 15.0 Å². The summed E-state index contributed by atoms with van der Waals surface area (Å²) in [4.78, 5) is 11.9. The zero-order chi connectivity index (χ0) is 27.9. The van der Waals surface area contributed by atoms with Gasteiger partial charge in [-0.2, -0.15) is 0 Å². The van der Waals surface area contributed by atoms with Crippen LogP contribution in [0, 0.1) is 0 Å². The predicted octanol–water partition coefficient (Wildman–Crippen LogP) is 10.2. The van der Waals surface area contributed by atoms with Gasteiger partial charge in [-0.1, -0.05) is 162 Å². The second-order valence-corrected chi connectivity index (χ2v) is 11.8. The quantitative estimate of drug-likeness (QED) is 0.0678.